The highest BCUT2D eigenvalue weighted by atomic mass is 79.9. The van der Waals surface area contributed by atoms with Crippen molar-refractivity contribution in [1.29, 1.82) is 0 Å². The number of rotatable bonds is 5. The van der Waals surface area contributed by atoms with Crippen LogP contribution in [0, 0.1) is 5.82 Å². The van der Waals surface area contributed by atoms with Gasteiger partial charge in [0.1, 0.15) is 5.82 Å². The minimum atomic E-state index is -0.220. The Morgan fingerprint density at radius 2 is 1.62 bits per heavy atom. The first kappa shape index (κ1) is 17.5. The Morgan fingerprint density at radius 1 is 1.00 bits per heavy atom. The van der Waals surface area contributed by atoms with E-state index in [0.29, 0.717) is 11.4 Å². The largest absolute Gasteiger partial charge is 0.207 e. The molecule has 0 aromatic heterocycles. The van der Waals surface area contributed by atoms with E-state index in [0.717, 1.165) is 26.3 Å². The van der Waals surface area contributed by atoms with E-state index in [4.69, 9.17) is 11.6 Å². The Morgan fingerprint density at radius 3 is 2.19 bits per heavy atom. The van der Waals surface area contributed by atoms with Crippen LogP contribution in [0.3, 0.4) is 0 Å². The number of hydrogen-bond donors (Lipinski definition) is 0. The molecule has 0 unspecified atom stereocenters. The van der Waals surface area contributed by atoms with Crippen molar-refractivity contribution >= 4 is 59.4 Å². The first-order chi connectivity index (χ1) is 10.0. The fourth-order valence-corrected chi connectivity index (χ4v) is 4.72. The fourth-order valence-electron chi connectivity index (χ4n) is 2.23. The summed E-state index contributed by atoms with van der Waals surface area (Å²) in [6.45, 7) is 0. The Kier molecular flexibility index (Phi) is 6.30. The molecule has 0 atom stereocenters. The van der Waals surface area contributed by atoms with Crippen LogP contribution in [0.5, 0.6) is 0 Å². The molecule has 112 valence electrons. The summed E-state index contributed by atoms with van der Waals surface area (Å²) in [5, 5.41) is 2.23. The summed E-state index contributed by atoms with van der Waals surface area (Å²) in [7, 11) is 0. The van der Waals surface area contributed by atoms with Gasteiger partial charge >= 0.3 is 0 Å². The maximum atomic E-state index is 13.5. The average molecular weight is 499 g/mol. The second-order valence-electron chi connectivity index (χ2n) is 4.97. The lowest BCUT2D eigenvalue weighted by Gasteiger charge is -2.31. The van der Waals surface area contributed by atoms with Gasteiger partial charge < -0.3 is 0 Å². The molecule has 0 aliphatic heterocycles. The molecule has 0 nitrogen and oxygen atoms in total. The number of halogens is 5. The van der Waals surface area contributed by atoms with Crippen molar-refractivity contribution in [3.63, 3.8) is 0 Å². The second-order valence-corrected chi connectivity index (χ2v) is 7.38. The van der Waals surface area contributed by atoms with Crippen molar-refractivity contribution in [2.45, 2.75) is 11.8 Å². The van der Waals surface area contributed by atoms with Crippen molar-refractivity contribution in [3.8, 4) is 0 Å². The highest BCUT2D eigenvalue weighted by molar-refractivity contribution is 9.10. The smallest absolute Gasteiger partial charge is 0.123 e. The normalized spacial score (nSPS) is 11.7. The Balaban J connectivity index is 2.42. The molecule has 0 amide bonds. The molecule has 5 heteroatoms. The third-order valence-corrected chi connectivity index (χ3v) is 6.68. The lowest BCUT2D eigenvalue weighted by molar-refractivity contribution is 0.545. The van der Waals surface area contributed by atoms with Crippen molar-refractivity contribution in [2.75, 3.05) is 10.7 Å². The van der Waals surface area contributed by atoms with Gasteiger partial charge in [-0.2, -0.15) is 0 Å². The topological polar surface area (TPSA) is 0 Å². The van der Waals surface area contributed by atoms with Gasteiger partial charge in [0.2, 0.25) is 0 Å². The first-order valence-electron chi connectivity index (χ1n) is 6.33. The van der Waals surface area contributed by atoms with Crippen LogP contribution in [0.2, 0.25) is 5.02 Å². The van der Waals surface area contributed by atoms with E-state index in [1.165, 1.54) is 6.07 Å². The lowest BCUT2D eigenvalue weighted by atomic mass is 9.79. The monoisotopic (exact) mass is 496 g/mol. The van der Waals surface area contributed by atoms with Gasteiger partial charge in [-0.1, -0.05) is 71.5 Å². The molecule has 2 aromatic carbocycles. The lowest BCUT2D eigenvalue weighted by Crippen LogP contribution is -2.33. The molecule has 2 rings (SSSR count). The number of hydrogen-bond acceptors (Lipinski definition) is 0. The molecule has 0 saturated carbocycles. The zero-order valence-corrected chi connectivity index (χ0v) is 16.6. The van der Waals surface area contributed by atoms with E-state index in [-0.39, 0.29) is 11.2 Å². The van der Waals surface area contributed by atoms with Gasteiger partial charge in [-0.15, -0.1) is 0 Å². The summed E-state index contributed by atoms with van der Waals surface area (Å²) in [5.41, 5.74) is 1.95. The Labute approximate surface area is 154 Å². The van der Waals surface area contributed by atoms with Crippen molar-refractivity contribution in [3.05, 3.63) is 68.9 Å². The van der Waals surface area contributed by atoms with Gasteiger partial charge in [-0.3, -0.25) is 0 Å². The van der Waals surface area contributed by atoms with E-state index in [9.17, 15) is 4.39 Å². The van der Waals surface area contributed by atoms with Crippen molar-refractivity contribution < 1.29 is 4.39 Å². The van der Waals surface area contributed by atoms with Crippen LogP contribution in [-0.4, -0.2) is 10.7 Å². The van der Waals surface area contributed by atoms with Gasteiger partial charge in [0, 0.05) is 25.6 Å². The molecule has 0 radical (unpaired) electrons. The van der Waals surface area contributed by atoms with E-state index >= 15 is 0 Å². The summed E-state index contributed by atoms with van der Waals surface area (Å²) in [6.07, 6.45) is 0.712. The van der Waals surface area contributed by atoms with E-state index < -0.39 is 0 Å². The zero-order valence-electron chi connectivity index (χ0n) is 11.1. The SMILES string of the molecule is Fc1ccc(Br)c(CC(CBr)(CBr)c2ccc(Cl)cc2)c1. The van der Waals surface area contributed by atoms with Crippen molar-refractivity contribution in [1.82, 2.24) is 0 Å². The highest BCUT2D eigenvalue weighted by Crippen LogP contribution is 2.35. The van der Waals surface area contributed by atoms with Crippen LogP contribution < -0.4 is 0 Å². The maximum absolute atomic E-state index is 13.5. The number of alkyl halides is 2. The molecular formula is C16H13Br3ClF. The minimum absolute atomic E-state index is 0.166. The average Bonchev–Trinajstić information content (AvgIpc) is 2.49. The van der Waals surface area contributed by atoms with Gasteiger partial charge in [0.05, 0.1) is 0 Å². The molecule has 21 heavy (non-hydrogen) atoms. The van der Waals surface area contributed by atoms with Crippen molar-refractivity contribution in [2.24, 2.45) is 0 Å². The molecular weight excluding hydrogens is 486 g/mol. The Bertz CT molecular complexity index is 609. The summed E-state index contributed by atoms with van der Waals surface area (Å²) >= 11 is 16.7. The molecule has 0 aliphatic rings. The summed E-state index contributed by atoms with van der Waals surface area (Å²) in [6, 6.07) is 12.6. The fraction of sp³-hybridized carbons (Fsp3) is 0.250. The zero-order chi connectivity index (χ0) is 15.5. The van der Waals surface area contributed by atoms with Crippen LogP contribution in [-0.2, 0) is 11.8 Å². The van der Waals surface area contributed by atoms with Crippen LogP contribution in [0.4, 0.5) is 4.39 Å². The van der Waals surface area contributed by atoms with Crippen LogP contribution in [0.25, 0.3) is 0 Å². The van der Waals surface area contributed by atoms with Gasteiger partial charge in [-0.05, 0) is 47.9 Å². The van der Waals surface area contributed by atoms with E-state index in [1.54, 1.807) is 12.1 Å². The predicted octanol–water partition coefficient (Wildman–Crippen LogP) is 6.51. The number of benzene rings is 2. The Hall–Kier alpha value is 0.1000. The van der Waals surface area contributed by atoms with Crippen LogP contribution >= 0.6 is 59.4 Å². The third-order valence-electron chi connectivity index (χ3n) is 3.50. The summed E-state index contributed by atoms with van der Waals surface area (Å²) < 4.78 is 14.4. The molecule has 0 heterocycles. The van der Waals surface area contributed by atoms with E-state index in [1.807, 2.05) is 24.3 Å². The third kappa shape index (κ3) is 4.10. The standard InChI is InChI=1S/C16H13Br3ClF/c17-9-16(10-18,12-1-3-13(20)4-2-12)8-11-7-14(21)5-6-15(11)19/h1-7H,8-10H2. The summed E-state index contributed by atoms with van der Waals surface area (Å²) in [4.78, 5) is 0. The predicted molar refractivity (Wildman–Crippen MR) is 98.5 cm³/mol. The molecule has 0 N–H and O–H groups in total. The van der Waals surface area contributed by atoms with E-state index in [2.05, 4.69) is 47.8 Å². The summed E-state index contributed by atoms with van der Waals surface area (Å²) in [5.74, 6) is -0.220. The molecule has 0 saturated heterocycles. The van der Waals surface area contributed by atoms with Crippen LogP contribution in [0.1, 0.15) is 11.1 Å². The molecule has 0 aliphatic carbocycles. The van der Waals surface area contributed by atoms with Gasteiger partial charge in [-0.25, -0.2) is 4.39 Å². The van der Waals surface area contributed by atoms with Crippen LogP contribution in [0.15, 0.2) is 46.9 Å². The molecule has 0 fully saturated rings. The minimum Gasteiger partial charge on any atom is -0.207 e. The maximum Gasteiger partial charge on any atom is 0.123 e. The highest BCUT2D eigenvalue weighted by Gasteiger charge is 2.31. The molecule has 2 aromatic rings. The van der Waals surface area contributed by atoms with Gasteiger partial charge in [0.15, 0.2) is 0 Å². The second kappa shape index (κ2) is 7.58. The quantitative estimate of drug-likeness (QED) is 0.412. The van der Waals surface area contributed by atoms with Gasteiger partial charge in [0.25, 0.3) is 0 Å². The first-order valence-corrected chi connectivity index (χ1v) is 9.74. The molecule has 0 spiro atoms. The molecule has 0 bridgehead atoms.